The van der Waals surface area contributed by atoms with E-state index in [2.05, 4.69) is 0 Å². The van der Waals surface area contributed by atoms with E-state index in [1.165, 1.54) is 6.07 Å². The van der Waals surface area contributed by atoms with Crippen molar-refractivity contribution in [1.29, 1.82) is 0 Å². The Morgan fingerprint density at radius 1 is 0.475 bits per heavy atom. The van der Waals surface area contributed by atoms with Gasteiger partial charge in [-0.25, -0.2) is 8.42 Å². The summed E-state index contributed by atoms with van der Waals surface area (Å²) in [6, 6.07) is 40.1. The molecule has 5 aromatic rings. The Bertz CT molecular complexity index is 1740. The molecule has 0 aliphatic rings. The average Bonchev–Trinajstić information content (AvgIpc) is 3.00. The molecule has 0 saturated carbocycles. The molecule has 0 aliphatic carbocycles. The second-order valence-corrected chi connectivity index (χ2v) is 11.1. The van der Waals surface area contributed by atoms with Crippen LogP contribution in [-0.2, 0) is 9.84 Å². The zero-order chi connectivity index (χ0) is 28.0. The molecule has 0 radical (unpaired) electrons. The third kappa shape index (κ3) is 6.33. The van der Waals surface area contributed by atoms with E-state index in [-0.39, 0.29) is 5.56 Å². The maximum Gasteiger partial charge on any atom is 0.341 e. The Morgan fingerprint density at radius 2 is 0.875 bits per heavy atom. The summed E-state index contributed by atoms with van der Waals surface area (Å²) < 4.78 is 52.3. The van der Waals surface area contributed by atoms with E-state index in [4.69, 9.17) is 0 Å². The molecule has 198 valence electrons. The second kappa shape index (κ2) is 12.1. The first-order valence-corrected chi connectivity index (χ1v) is 14.3. The molecule has 0 N–H and O–H groups in total. The Labute approximate surface area is 233 Å². The molecule has 5 aromatic carbocycles. The van der Waals surface area contributed by atoms with Crippen LogP contribution in [0.25, 0.3) is 46.6 Å². The van der Waals surface area contributed by atoms with E-state index in [1.807, 2.05) is 115 Å². The third-order valence-corrected chi connectivity index (χ3v) is 7.97. The number of hydrogen-bond donors (Lipinski definition) is 0. The highest BCUT2D eigenvalue weighted by Crippen LogP contribution is 2.27. The maximum atomic E-state index is 13.6. The molecule has 0 bridgehead atoms. The van der Waals surface area contributed by atoms with Gasteiger partial charge in [-0.3, -0.25) is 0 Å². The third-order valence-electron chi connectivity index (χ3n) is 6.54. The lowest BCUT2D eigenvalue weighted by molar-refractivity contribution is 0.234. The minimum atomic E-state index is -4.81. The van der Waals surface area contributed by atoms with Crippen molar-refractivity contribution in [1.82, 2.24) is 0 Å². The molecule has 40 heavy (non-hydrogen) atoms. The van der Waals surface area contributed by atoms with Gasteiger partial charge in [0.05, 0.1) is 4.90 Å². The lowest BCUT2D eigenvalue weighted by atomic mass is 10.0. The van der Waals surface area contributed by atoms with Crippen LogP contribution in [0, 0.1) is 0 Å². The molecule has 0 aliphatic heterocycles. The summed E-state index contributed by atoms with van der Waals surface area (Å²) in [5, 5.41) is 0. The van der Waals surface area contributed by atoms with Gasteiger partial charge in [0.1, 0.15) is 0 Å². The van der Waals surface area contributed by atoms with Crippen molar-refractivity contribution < 1.29 is 17.2 Å². The molecule has 2 nitrogen and oxygen atoms in total. The van der Waals surface area contributed by atoms with Crippen molar-refractivity contribution in [2.45, 2.75) is 10.7 Å². The van der Waals surface area contributed by atoms with E-state index in [0.29, 0.717) is 5.56 Å². The molecule has 0 amide bonds. The van der Waals surface area contributed by atoms with Crippen LogP contribution in [-0.4, -0.2) is 14.2 Å². The normalized spacial score (nSPS) is 12.0. The average molecular weight is 549 g/mol. The van der Waals surface area contributed by atoms with Crippen molar-refractivity contribution in [3.63, 3.8) is 0 Å². The van der Waals surface area contributed by atoms with Gasteiger partial charge >= 0.3 is 5.76 Å². The number of rotatable bonds is 8. The summed E-state index contributed by atoms with van der Waals surface area (Å²) in [6.45, 7) is 0. The van der Waals surface area contributed by atoms with Gasteiger partial charge in [-0.1, -0.05) is 146 Å². The monoisotopic (exact) mass is 548 g/mol. The Balaban J connectivity index is 1.39. The summed E-state index contributed by atoms with van der Waals surface area (Å²) in [4.78, 5) is -0.402. The first-order valence-electron chi connectivity index (χ1n) is 12.7. The van der Waals surface area contributed by atoms with Crippen LogP contribution in [0.4, 0.5) is 8.78 Å². The molecule has 0 heterocycles. The molecule has 0 unspecified atom stereocenters. The Morgan fingerprint density at radius 3 is 1.35 bits per heavy atom. The minimum Gasteiger partial charge on any atom is -0.218 e. The molecule has 0 saturated heterocycles. The van der Waals surface area contributed by atoms with E-state index < -0.39 is 20.5 Å². The molecule has 0 spiro atoms. The number of hydrogen-bond acceptors (Lipinski definition) is 2. The van der Waals surface area contributed by atoms with Gasteiger partial charge < -0.3 is 0 Å². The lowest BCUT2D eigenvalue weighted by Gasteiger charge is -2.09. The van der Waals surface area contributed by atoms with Crippen LogP contribution in [0.1, 0.15) is 22.3 Å². The highest BCUT2D eigenvalue weighted by molar-refractivity contribution is 7.91. The fourth-order valence-corrected chi connectivity index (χ4v) is 5.30. The van der Waals surface area contributed by atoms with Gasteiger partial charge in [-0.05, 0) is 50.6 Å². The van der Waals surface area contributed by atoms with E-state index in [9.17, 15) is 17.2 Å². The van der Waals surface area contributed by atoms with Crippen LogP contribution in [0.2, 0.25) is 0 Å². The highest BCUT2D eigenvalue weighted by Gasteiger charge is 2.28. The largest absolute Gasteiger partial charge is 0.341 e. The van der Waals surface area contributed by atoms with Crippen molar-refractivity contribution in [3.8, 4) is 22.3 Å². The summed E-state index contributed by atoms with van der Waals surface area (Å²) >= 11 is 0. The maximum absolute atomic E-state index is 13.6. The number of benzene rings is 5. The molecule has 5 heteroatoms. The van der Waals surface area contributed by atoms with Crippen LogP contribution in [0.5, 0.6) is 0 Å². The van der Waals surface area contributed by atoms with Gasteiger partial charge in [0.25, 0.3) is 0 Å². The van der Waals surface area contributed by atoms with Crippen molar-refractivity contribution >= 4 is 34.1 Å². The second-order valence-electron chi connectivity index (χ2n) is 9.25. The van der Waals surface area contributed by atoms with Gasteiger partial charge in [0.15, 0.2) is 0 Å². The predicted molar refractivity (Wildman–Crippen MR) is 161 cm³/mol. The fourth-order valence-electron chi connectivity index (χ4n) is 4.35. The summed E-state index contributed by atoms with van der Waals surface area (Å²) in [5.74, 6) is -3.52. The minimum absolute atomic E-state index is 0.205. The van der Waals surface area contributed by atoms with E-state index in [1.54, 1.807) is 30.4 Å². The van der Waals surface area contributed by atoms with E-state index in [0.717, 1.165) is 33.4 Å². The zero-order valence-corrected chi connectivity index (χ0v) is 22.3. The summed E-state index contributed by atoms with van der Waals surface area (Å²) in [6.07, 6.45) is 6.82. The van der Waals surface area contributed by atoms with Crippen LogP contribution < -0.4 is 0 Å². The fraction of sp³-hybridized carbons (Fsp3) is 0.0286. The van der Waals surface area contributed by atoms with Gasteiger partial charge in [-0.2, -0.15) is 8.78 Å². The van der Waals surface area contributed by atoms with Crippen LogP contribution in [0.15, 0.2) is 132 Å². The SMILES string of the molecule is O=S(=O)(c1cc(/C=C/c2ccc(-c3ccccc3)cc2)ccc1/C=C/c1ccc(-c2ccccc2)cc1)C(F)F. The van der Waals surface area contributed by atoms with Gasteiger partial charge in [0.2, 0.25) is 9.84 Å². The smallest absolute Gasteiger partial charge is 0.218 e. The first-order chi connectivity index (χ1) is 19.4. The quantitative estimate of drug-likeness (QED) is 0.181. The predicted octanol–water partition coefficient (Wildman–Crippen LogP) is 9.36. The number of alkyl halides is 2. The molecule has 0 atom stereocenters. The molecular formula is C35H26F2O2S. The lowest BCUT2D eigenvalue weighted by Crippen LogP contribution is -2.13. The highest BCUT2D eigenvalue weighted by atomic mass is 32.2. The number of sulfone groups is 1. The van der Waals surface area contributed by atoms with Crippen molar-refractivity contribution in [2.75, 3.05) is 0 Å². The van der Waals surface area contributed by atoms with Crippen LogP contribution in [0.3, 0.4) is 0 Å². The van der Waals surface area contributed by atoms with E-state index >= 15 is 0 Å². The van der Waals surface area contributed by atoms with Crippen LogP contribution >= 0.6 is 0 Å². The van der Waals surface area contributed by atoms with Crippen molar-refractivity contribution in [3.05, 3.63) is 150 Å². The standard InChI is InChI=1S/C35H26F2O2S/c36-35(37)40(38,39)34-25-28(12-11-26-13-19-31(20-14-26)29-7-3-1-4-8-29)18-24-33(34)23-17-27-15-21-32(22-16-27)30-9-5-2-6-10-30/h1-25,35H/b12-11+,23-17+. The number of halogens is 2. The molecule has 5 rings (SSSR count). The first kappa shape index (κ1) is 27.0. The van der Waals surface area contributed by atoms with Gasteiger partial charge in [-0.15, -0.1) is 0 Å². The topological polar surface area (TPSA) is 34.1 Å². The summed E-state index contributed by atoms with van der Waals surface area (Å²) in [5.41, 5.74) is 6.75. The molecule has 0 fully saturated rings. The van der Waals surface area contributed by atoms with Gasteiger partial charge in [0, 0.05) is 0 Å². The molecule has 0 aromatic heterocycles. The Kier molecular flexibility index (Phi) is 8.13. The Hall–Kier alpha value is -4.61. The zero-order valence-electron chi connectivity index (χ0n) is 21.5. The molecular weight excluding hydrogens is 522 g/mol. The van der Waals surface area contributed by atoms with Crippen molar-refractivity contribution in [2.24, 2.45) is 0 Å². The summed E-state index contributed by atoms with van der Waals surface area (Å²) in [7, 11) is -4.81.